The quantitative estimate of drug-likeness (QED) is 0.673. The van der Waals surface area contributed by atoms with E-state index in [2.05, 4.69) is 32.0 Å². The topological polar surface area (TPSA) is 0 Å². The van der Waals surface area contributed by atoms with Crippen LogP contribution in [0.1, 0.15) is 22.3 Å². The summed E-state index contributed by atoms with van der Waals surface area (Å²) in [5, 5.41) is 0. The van der Waals surface area contributed by atoms with E-state index < -0.39 is 0 Å². The minimum Gasteiger partial charge on any atom is -0.207 e. The number of aryl methyl sites for hydroxylation is 2. The third kappa shape index (κ3) is 4.35. The molecule has 1 atom stereocenters. The average Bonchev–Trinajstić information content (AvgIpc) is 2.36. The highest BCUT2D eigenvalue weighted by molar-refractivity contribution is 6.18. The van der Waals surface area contributed by atoms with Gasteiger partial charge in [0.2, 0.25) is 0 Å². The second-order valence-electron chi connectivity index (χ2n) is 5.55. The molecule has 0 aromatic heterocycles. The van der Waals surface area contributed by atoms with Crippen LogP contribution in [-0.4, -0.2) is 5.88 Å². The minimum atomic E-state index is -0.178. The molecule has 0 fully saturated rings. The molecule has 2 heteroatoms. The Labute approximate surface area is 125 Å². The van der Waals surface area contributed by atoms with Gasteiger partial charge in [-0.15, -0.1) is 11.6 Å². The van der Waals surface area contributed by atoms with Gasteiger partial charge in [0.05, 0.1) is 0 Å². The number of benzene rings is 2. The normalized spacial score (nSPS) is 12.4. The van der Waals surface area contributed by atoms with Gasteiger partial charge in [0.15, 0.2) is 0 Å². The highest BCUT2D eigenvalue weighted by Gasteiger charge is 2.11. The van der Waals surface area contributed by atoms with E-state index in [1.54, 1.807) is 12.1 Å². The first kappa shape index (κ1) is 15.1. The summed E-state index contributed by atoms with van der Waals surface area (Å²) in [6.07, 6.45) is 1.75. The van der Waals surface area contributed by atoms with Gasteiger partial charge < -0.3 is 0 Å². The van der Waals surface area contributed by atoms with Gasteiger partial charge in [-0.25, -0.2) is 4.39 Å². The smallest absolute Gasteiger partial charge is 0.123 e. The third-order valence-electron chi connectivity index (χ3n) is 3.44. The monoisotopic (exact) mass is 290 g/mol. The predicted octanol–water partition coefficient (Wildman–Crippen LogP) is 5.08. The molecule has 2 aromatic rings. The van der Waals surface area contributed by atoms with Gasteiger partial charge in [0.25, 0.3) is 0 Å². The maximum absolute atomic E-state index is 13.2. The zero-order valence-corrected chi connectivity index (χ0v) is 12.8. The summed E-state index contributed by atoms with van der Waals surface area (Å²) in [5.74, 6) is 0.741. The van der Waals surface area contributed by atoms with Crippen LogP contribution in [0.4, 0.5) is 4.39 Å². The highest BCUT2D eigenvalue weighted by Crippen LogP contribution is 2.19. The lowest BCUT2D eigenvalue weighted by Crippen LogP contribution is -2.10. The largest absolute Gasteiger partial charge is 0.207 e. The maximum Gasteiger partial charge on any atom is 0.123 e. The fourth-order valence-corrected chi connectivity index (χ4v) is 2.92. The number of hydrogen-bond acceptors (Lipinski definition) is 0. The number of rotatable bonds is 5. The summed E-state index contributed by atoms with van der Waals surface area (Å²) in [5.41, 5.74) is 4.88. The van der Waals surface area contributed by atoms with Crippen LogP contribution in [0.3, 0.4) is 0 Å². The van der Waals surface area contributed by atoms with E-state index in [4.69, 9.17) is 11.6 Å². The van der Waals surface area contributed by atoms with Crippen molar-refractivity contribution < 1.29 is 4.39 Å². The lowest BCUT2D eigenvalue weighted by atomic mass is 9.92. The molecule has 0 radical (unpaired) electrons. The van der Waals surface area contributed by atoms with Gasteiger partial charge in [0, 0.05) is 5.88 Å². The Morgan fingerprint density at radius 3 is 2.20 bits per heavy atom. The molecule has 0 amide bonds. The molecule has 0 N–H and O–H groups in total. The van der Waals surface area contributed by atoms with Gasteiger partial charge in [-0.2, -0.15) is 0 Å². The molecule has 0 aliphatic heterocycles. The van der Waals surface area contributed by atoms with Crippen LogP contribution in [0.15, 0.2) is 42.5 Å². The zero-order valence-electron chi connectivity index (χ0n) is 12.0. The van der Waals surface area contributed by atoms with Crippen molar-refractivity contribution in [2.24, 2.45) is 5.92 Å². The maximum atomic E-state index is 13.2. The Hall–Kier alpha value is -1.34. The Kier molecular flexibility index (Phi) is 5.19. The molecule has 0 bridgehead atoms. The fourth-order valence-electron chi connectivity index (χ4n) is 2.70. The van der Waals surface area contributed by atoms with E-state index in [9.17, 15) is 4.39 Å². The highest BCUT2D eigenvalue weighted by atomic mass is 35.5. The molecule has 0 spiro atoms. The van der Waals surface area contributed by atoms with E-state index in [0.29, 0.717) is 11.8 Å². The van der Waals surface area contributed by atoms with Crippen molar-refractivity contribution in [3.8, 4) is 0 Å². The lowest BCUT2D eigenvalue weighted by molar-refractivity contribution is 0.576. The molecule has 2 rings (SSSR count). The molecule has 0 aliphatic rings. The van der Waals surface area contributed by atoms with E-state index >= 15 is 0 Å². The van der Waals surface area contributed by atoms with Crippen molar-refractivity contribution in [1.82, 2.24) is 0 Å². The van der Waals surface area contributed by atoms with Gasteiger partial charge >= 0.3 is 0 Å². The summed E-state index contributed by atoms with van der Waals surface area (Å²) in [6, 6.07) is 13.4. The van der Waals surface area contributed by atoms with E-state index in [1.165, 1.54) is 22.8 Å². The lowest BCUT2D eigenvalue weighted by Gasteiger charge is -2.15. The van der Waals surface area contributed by atoms with Crippen LogP contribution < -0.4 is 0 Å². The van der Waals surface area contributed by atoms with E-state index in [-0.39, 0.29) is 5.82 Å². The van der Waals surface area contributed by atoms with Gasteiger partial charge in [-0.3, -0.25) is 0 Å². The van der Waals surface area contributed by atoms with Crippen LogP contribution in [-0.2, 0) is 12.8 Å². The van der Waals surface area contributed by atoms with Crippen molar-refractivity contribution in [3.63, 3.8) is 0 Å². The summed E-state index contributed by atoms with van der Waals surface area (Å²) in [6.45, 7) is 4.22. The van der Waals surface area contributed by atoms with Crippen molar-refractivity contribution in [2.75, 3.05) is 5.88 Å². The average molecular weight is 291 g/mol. The molecule has 0 saturated heterocycles. The molecule has 2 aromatic carbocycles. The Morgan fingerprint density at radius 2 is 1.60 bits per heavy atom. The SMILES string of the molecule is Cc1cc(C)cc(CC(CCl)Cc2cccc(F)c2)c1. The molecule has 20 heavy (non-hydrogen) atoms. The van der Waals surface area contributed by atoms with Gasteiger partial charge in [-0.1, -0.05) is 41.5 Å². The second kappa shape index (κ2) is 6.90. The first-order valence-corrected chi connectivity index (χ1v) is 7.48. The van der Waals surface area contributed by atoms with Crippen molar-refractivity contribution in [1.29, 1.82) is 0 Å². The Morgan fingerprint density at radius 1 is 0.950 bits per heavy atom. The summed E-state index contributed by atoms with van der Waals surface area (Å²) in [7, 11) is 0. The van der Waals surface area contributed by atoms with E-state index in [0.717, 1.165) is 18.4 Å². The molecule has 106 valence electrons. The van der Waals surface area contributed by atoms with Crippen molar-refractivity contribution in [2.45, 2.75) is 26.7 Å². The molecule has 0 aliphatic carbocycles. The first-order valence-electron chi connectivity index (χ1n) is 6.94. The molecular formula is C18H20ClF. The van der Waals surface area contributed by atoms with Crippen LogP contribution in [0.2, 0.25) is 0 Å². The Balaban J connectivity index is 2.09. The predicted molar refractivity (Wildman–Crippen MR) is 83.9 cm³/mol. The molecule has 0 saturated carbocycles. The van der Waals surface area contributed by atoms with Crippen molar-refractivity contribution >= 4 is 11.6 Å². The Bertz CT molecular complexity index is 557. The molecule has 0 heterocycles. The van der Waals surface area contributed by atoms with Gasteiger partial charge in [-0.05, 0) is 55.9 Å². The van der Waals surface area contributed by atoms with Crippen LogP contribution in [0, 0.1) is 25.6 Å². The van der Waals surface area contributed by atoms with Crippen molar-refractivity contribution in [3.05, 3.63) is 70.5 Å². The molecule has 0 nitrogen and oxygen atoms in total. The van der Waals surface area contributed by atoms with Crippen LogP contribution >= 0.6 is 11.6 Å². The second-order valence-corrected chi connectivity index (χ2v) is 5.86. The standard InChI is InChI=1S/C18H20ClF/c1-13-6-14(2)8-16(7-13)10-17(12-19)9-15-4-3-5-18(20)11-15/h3-8,11,17H,9-10,12H2,1-2H3. The third-order valence-corrected chi connectivity index (χ3v) is 3.87. The summed E-state index contributed by atoms with van der Waals surface area (Å²) >= 11 is 6.09. The minimum absolute atomic E-state index is 0.178. The zero-order chi connectivity index (χ0) is 14.5. The molecule has 1 unspecified atom stereocenters. The fraction of sp³-hybridized carbons (Fsp3) is 0.333. The summed E-state index contributed by atoms with van der Waals surface area (Å²) in [4.78, 5) is 0. The summed E-state index contributed by atoms with van der Waals surface area (Å²) < 4.78 is 13.2. The number of hydrogen-bond donors (Lipinski definition) is 0. The van der Waals surface area contributed by atoms with E-state index in [1.807, 2.05) is 6.07 Å². The first-order chi connectivity index (χ1) is 9.56. The number of alkyl halides is 1. The molecular weight excluding hydrogens is 271 g/mol. The van der Waals surface area contributed by atoms with Gasteiger partial charge in [0.1, 0.15) is 5.82 Å². The number of halogens is 2. The van der Waals surface area contributed by atoms with Crippen LogP contribution in [0.5, 0.6) is 0 Å². The van der Waals surface area contributed by atoms with Crippen LogP contribution in [0.25, 0.3) is 0 Å².